The predicted octanol–water partition coefficient (Wildman–Crippen LogP) is 1.96. The molecule has 1 aliphatic rings. The number of hydrogen-bond donors (Lipinski definition) is 2. The Morgan fingerprint density at radius 1 is 1.50 bits per heavy atom. The number of thioether (sulfide) groups is 1. The van der Waals surface area contributed by atoms with E-state index in [1.54, 1.807) is 11.8 Å². The molecule has 0 spiro atoms. The van der Waals surface area contributed by atoms with Crippen molar-refractivity contribution in [3.63, 3.8) is 0 Å². The van der Waals surface area contributed by atoms with Gasteiger partial charge >= 0.3 is 0 Å². The molecule has 2 rings (SSSR count). The number of ether oxygens (including phenoxy) is 1. The monoisotopic (exact) mass is 294 g/mol. The maximum absolute atomic E-state index is 12.0. The van der Waals surface area contributed by atoms with Gasteiger partial charge in [0.25, 0.3) is 0 Å². The molecule has 1 amide bonds. The maximum atomic E-state index is 12.0. The van der Waals surface area contributed by atoms with Crippen molar-refractivity contribution in [2.45, 2.75) is 30.4 Å². The average Bonchev–Trinajstić information content (AvgIpc) is 2.48. The molecule has 0 aromatic heterocycles. The van der Waals surface area contributed by atoms with E-state index in [9.17, 15) is 4.79 Å². The van der Waals surface area contributed by atoms with Gasteiger partial charge in [0.1, 0.15) is 0 Å². The van der Waals surface area contributed by atoms with E-state index in [0.29, 0.717) is 13.0 Å². The third-order valence-electron chi connectivity index (χ3n) is 3.41. The van der Waals surface area contributed by atoms with Crippen LogP contribution in [0.15, 0.2) is 29.2 Å². The van der Waals surface area contributed by atoms with Crippen molar-refractivity contribution >= 4 is 17.7 Å². The van der Waals surface area contributed by atoms with Crippen LogP contribution in [0, 0.1) is 0 Å². The number of rotatable bonds is 5. The van der Waals surface area contributed by atoms with Crippen LogP contribution in [-0.2, 0) is 9.53 Å². The topological polar surface area (TPSA) is 50.4 Å². The molecule has 1 aromatic carbocycles. The molecule has 5 heteroatoms. The van der Waals surface area contributed by atoms with Gasteiger partial charge in [0.05, 0.1) is 25.2 Å². The molecule has 2 N–H and O–H groups in total. The lowest BCUT2D eigenvalue weighted by Crippen LogP contribution is -2.41. The van der Waals surface area contributed by atoms with Gasteiger partial charge in [-0.1, -0.05) is 12.1 Å². The Morgan fingerprint density at radius 2 is 2.25 bits per heavy atom. The molecule has 0 aliphatic carbocycles. The Kier molecular flexibility index (Phi) is 5.88. The standard InChI is InChI=1S/C15H22N2O2S/c1-11(12-3-5-14(20-2)6-4-12)17-15(18)9-13-10-16-7-8-19-13/h3-6,11,13,16H,7-10H2,1-2H3,(H,17,18). The highest BCUT2D eigenvalue weighted by Gasteiger charge is 2.18. The lowest BCUT2D eigenvalue weighted by molar-refractivity contribution is -0.125. The van der Waals surface area contributed by atoms with Crippen molar-refractivity contribution in [1.82, 2.24) is 10.6 Å². The molecule has 0 radical (unpaired) electrons. The Balaban J connectivity index is 1.82. The van der Waals surface area contributed by atoms with E-state index in [1.165, 1.54) is 4.90 Å². The first-order chi connectivity index (χ1) is 9.69. The van der Waals surface area contributed by atoms with Crippen molar-refractivity contribution in [3.05, 3.63) is 29.8 Å². The quantitative estimate of drug-likeness (QED) is 0.815. The van der Waals surface area contributed by atoms with Crippen molar-refractivity contribution in [1.29, 1.82) is 0 Å². The normalized spacial score (nSPS) is 20.4. The number of benzene rings is 1. The number of nitrogens with one attached hydrogen (secondary N) is 2. The number of carbonyl (C=O) groups is 1. The Morgan fingerprint density at radius 3 is 2.85 bits per heavy atom. The van der Waals surface area contributed by atoms with Crippen LogP contribution in [0.3, 0.4) is 0 Å². The Labute approximate surface area is 124 Å². The summed E-state index contributed by atoms with van der Waals surface area (Å²) >= 11 is 1.72. The second-order valence-corrected chi connectivity index (χ2v) is 5.84. The Hall–Kier alpha value is -1.04. The summed E-state index contributed by atoms with van der Waals surface area (Å²) in [6.45, 7) is 4.32. The number of amides is 1. The van der Waals surface area contributed by atoms with Crippen LogP contribution >= 0.6 is 11.8 Å². The Bertz CT molecular complexity index is 430. The van der Waals surface area contributed by atoms with Gasteiger partial charge in [-0.15, -0.1) is 11.8 Å². The van der Waals surface area contributed by atoms with E-state index in [-0.39, 0.29) is 18.1 Å². The van der Waals surface area contributed by atoms with Crippen LogP contribution < -0.4 is 10.6 Å². The van der Waals surface area contributed by atoms with Crippen LogP contribution in [-0.4, -0.2) is 38.0 Å². The highest BCUT2D eigenvalue weighted by atomic mass is 32.2. The number of carbonyl (C=O) groups excluding carboxylic acids is 1. The lowest BCUT2D eigenvalue weighted by atomic mass is 10.1. The minimum absolute atomic E-state index is 0.00480. The van der Waals surface area contributed by atoms with Crippen molar-refractivity contribution < 1.29 is 9.53 Å². The van der Waals surface area contributed by atoms with Gasteiger partial charge in [0.2, 0.25) is 5.91 Å². The summed E-state index contributed by atoms with van der Waals surface area (Å²) in [4.78, 5) is 13.2. The zero-order valence-electron chi connectivity index (χ0n) is 12.0. The van der Waals surface area contributed by atoms with Gasteiger partial charge in [0.15, 0.2) is 0 Å². The number of hydrogen-bond acceptors (Lipinski definition) is 4. The first-order valence-electron chi connectivity index (χ1n) is 6.94. The van der Waals surface area contributed by atoms with Crippen LogP contribution in [0.25, 0.3) is 0 Å². The smallest absolute Gasteiger partial charge is 0.223 e. The summed E-state index contributed by atoms with van der Waals surface area (Å²) in [5.74, 6) is 0.0418. The summed E-state index contributed by atoms with van der Waals surface area (Å²) in [6.07, 6.45) is 2.47. The predicted molar refractivity (Wildman–Crippen MR) is 82.0 cm³/mol. The molecular formula is C15H22N2O2S. The largest absolute Gasteiger partial charge is 0.375 e. The first kappa shape index (κ1) is 15.4. The van der Waals surface area contributed by atoms with Crippen LogP contribution in [0.5, 0.6) is 0 Å². The average molecular weight is 294 g/mol. The molecule has 20 heavy (non-hydrogen) atoms. The second kappa shape index (κ2) is 7.67. The summed E-state index contributed by atoms with van der Waals surface area (Å²) in [5.41, 5.74) is 1.12. The summed E-state index contributed by atoms with van der Waals surface area (Å²) in [6, 6.07) is 8.31. The molecular weight excluding hydrogens is 272 g/mol. The lowest BCUT2D eigenvalue weighted by Gasteiger charge is -2.24. The van der Waals surface area contributed by atoms with E-state index >= 15 is 0 Å². The van der Waals surface area contributed by atoms with Crippen LogP contribution in [0.1, 0.15) is 24.9 Å². The van der Waals surface area contributed by atoms with Gasteiger partial charge in [-0.2, -0.15) is 0 Å². The highest BCUT2D eigenvalue weighted by molar-refractivity contribution is 7.98. The van der Waals surface area contributed by atoms with Gasteiger partial charge in [-0.05, 0) is 30.9 Å². The van der Waals surface area contributed by atoms with Crippen LogP contribution in [0.2, 0.25) is 0 Å². The fourth-order valence-electron chi connectivity index (χ4n) is 2.23. The summed E-state index contributed by atoms with van der Waals surface area (Å²) in [7, 11) is 0. The van der Waals surface area contributed by atoms with Gasteiger partial charge in [0, 0.05) is 18.0 Å². The fourth-order valence-corrected chi connectivity index (χ4v) is 2.64. The van der Waals surface area contributed by atoms with E-state index in [0.717, 1.165) is 18.7 Å². The molecule has 1 aliphatic heterocycles. The molecule has 1 fully saturated rings. The minimum atomic E-state index is -0.00480. The highest BCUT2D eigenvalue weighted by Crippen LogP contribution is 2.19. The third kappa shape index (κ3) is 4.51. The molecule has 4 nitrogen and oxygen atoms in total. The molecule has 0 bridgehead atoms. The summed E-state index contributed by atoms with van der Waals surface area (Å²) < 4.78 is 5.54. The van der Waals surface area contributed by atoms with Crippen molar-refractivity contribution in [2.24, 2.45) is 0 Å². The molecule has 2 atom stereocenters. The molecule has 1 aromatic rings. The zero-order chi connectivity index (χ0) is 14.4. The summed E-state index contributed by atoms with van der Waals surface area (Å²) in [5, 5.41) is 6.26. The first-order valence-corrected chi connectivity index (χ1v) is 8.17. The van der Waals surface area contributed by atoms with Crippen molar-refractivity contribution in [2.75, 3.05) is 26.0 Å². The molecule has 1 saturated heterocycles. The number of morpholine rings is 1. The minimum Gasteiger partial charge on any atom is -0.375 e. The van der Waals surface area contributed by atoms with E-state index in [1.807, 2.05) is 6.92 Å². The van der Waals surface area contributed by atoms with Gasteiger partial charge < -0.3 is 15.4 Å². The second-order valence-electron chi connectivity index (χ2n) is 4.96. The van der Waals surface area contributed by atoms with Crippen molar-refractivity contribution in [3.8, 4) is 0 Å². The molecule has 0 saturated carbocycles. The van der Waals surface area contributed by atoms with E-state index in [4.69, 9.17) is 4.74 Å². The van der Waals surface area contributed by atoms with Crippen LogP contribution in [0.4, 0.5) is 0 Å². The molecule has 110 valence electrons. The fraction of sp³-hybridized carbons (Fsp3) is 0.533. The van der Waals surface area contributed by atoms with E-state index in [2.05, 4.69) is 41.2 Å². The zero-order valence-corrected chi connectivity index (χ0v) is 12.8. The SMILES string of the molecule is CSc1ccc(C(C)NC(=O)CC2CNCCO2)cc1. The molecule has 1 heterocycles. The molecule has 2 unspecified atom stereocenters. The van der Waals surface area contributed by atoms with E-state index < -0.39 is 0 Å². The van der Waals surface area contributed by atoms with Gasteiger partial charge in [-0.25, -0.2) is 0 Å². The van der Waals surface area contributed by atoms with Gasteiger partial charge in [-0.3, -0.25) is 4.79 Å². The maximum Gasteiger partial charge on any atom is 0.223 e. The third-order valence-corrected chi connectivity index (χ3v) is 4.15.